The Kier molecular flexibility index (Phi) is 3.71. The molecule has 7 heteroatoms. The van der Waals surface area contributed by atoms with Gasteiger partial charge in [0.2, 0.25) is 4.96 Å². The van der Waals surface area contributed by atoms with Crippen molar-refractivity contribution in [1.29, 1.82) is 0 Å². The molecule has 0 fully saturated rings. The molecule has 0 aliphatic rings. The molecule has 0 aliphatic carbocycles. The number of halogens is 2. The first-order valence-electron chi connectivity index (χ1n) is 5.62. The minimum Gasteiger partial charge on any atom is -0.217 e. The Morgan fingerprint density at radius 1 is 1.32 bits per heavy atom. The SMILES string of the molecule is CCSc1nn2cc(-c3ccc(Cl)c(Cl)c3)nc2s1. The zero-order chi connectivity index (χ0) is 13.4. The van der Waals surface area contributed by atoms with Gasteiger partial charge < -0.3 is 0 Å². The molecule has 0 bridgehead atoms. The maximum absolute atomic E-state index is 6.02. The Balaban J connectivity index is 2.00. The Hall–Kier alpha value is -0.750. The van der Waals surface area contributed by atoms with Crippen molar-refractivity contribution in [2.45, 2.75) is 11.3 Å². The first-order valence-corrected chi connectivity index (χ1v) is 8.17. The van der Waals surface area contributed by atoms with Crippen molar-refractivity contribution in [2.24, 2.45) is 0 Å². The van der Waals surface area contributed by atoms with Gasteiger partial charge in [0.1, 0.15) is 0 Å². The summed E-state index contributed by atoms with van der Waals surface area (Å²) in [6.07, 6.45) is 1.91. The largest absolute Gasteiger partial charge is 0.217 e. The molecule has 0 saturated heterocycles. The Bertz CT molecular complexity index is 704. The van der Waals surface area contributed by atoms with Crippen molar-refractivity contribution in [2.75, 3.05) is 5.75 Å². The monoisotopic (exact) mass is 329 g/mol. The van der Waals surface area contributed by atoms with Gasteiger partial charge in [0.25, 0.3) is 0 Å². The van der Waals surface area contributed by atoms with Gasteiger partial charge >= 0.3 is 0 Å². The second-order valence-corrected chi connectivity index (χ2v) is 7.06. The quantitative estimate of drug-likeness (QED) is 0.641. The van der Waals surface area contributed by atoms with Gasteiger partial charge in [-0.25, -0.2) is 9.50 Å². The van der Waals surface area contributed by atoms with Crippen molar-refractivity contribution < 1.29 is 0 Å². The van der Waals surface area contributed by atoms with Gasteiger partial charge in [-0.15, -0.1) is 5.10 Å². The van der Waals surface area contributed by atoms with Gasteiger partial charge in [0.05, 0.1) is 21.9 Å². The van der Waals surface area contributed by atoms with E-state index < -0.39 is 0 Å². The lowest BCUT2D eigenvalue weighted by atomic mass is 10.2. The van der Waals surface area contributed by atoms with Crippen molar-refractivity contribution in [3.63, 3.8) is 0 Å². The molecule has 3 rings (SSSR count). The van der Waals surface area contributed by atoms with Gasteiger partial charge in [-0.05, 0) is 17.9 Å². The molecule has 19 heavy (non-hydrogen) atoms. The van der Waals surface area contributed by atoms with E-state index in [4.69, 9.17) is 23.2 Å². The van der Waals surface area contributed by atoms with Crippen molar-refractivity contribution in [1.82, 2.24) is 14.6 Å². The summed E-state index contributed by atoms with van der Waals surface area (Å²) in [4.78, 5) is 5.45. The first kappa shape index (κ1) is 13.2. The third kappa shape index (κ3) is 2.60. The molecule has 98 valence electrons. The number of thioether (sulfide) groups is 1. The summed E-state index contributed by atoms with van der Waals surface area (Å²) in [5, 5.41) is 5.55. The predicted octanol–water partition coefficient (Wildman–Crippen LogP) is 4.88. The number of fused-ring (bicyclic) bond motifs is 1. The third-order valence-corrected chi connectivity index (χ3v) is 5.18. The number of nitrogens with zero attached hydrogens (tertiary/aromatic N) is 3. The van der Waals surface area contributed by atoms with Crippen LogP contribution in [0, 0.1) is 0 Å². The van der Waals surface area contributed by atoms with Gasteiger partial charge in [0.15, 0.2) is 4.34 Å². The fraction of sp³-hybridized carbons (Fsp3) is 0.167. The highest BCUT2D eigenvalue weighted by Gasteiger charge is 2.10. The van der Waals surface area contributed by atoms with Gasteiger partial charge in [0, 0.05) is 5.56 Å². The number of hydrogen-bond donors (Lipinski definition) is 0. The van der Waals surface area contributed by atoms with Gasteiger partial charge in [-0.3, -0.25) is 0 Å². The van der Waals surface area contributed by atoms with Crippen LogP contribution < -0.4 is 0 Å². The lowest BCUT2D eigenvalue weighted by Crippen LogP contribution is -1.81. The van der Waals surface area contributed by atoms with Crippen LogP contribution in [0.2, 0.25) is 10.0 Å². The number of benzene rings is 1. The van der Waals surface area contributed by atoms with Crippen LogP contribution in [-0.2, 0) is 0 Å². The number of hydrogen-bond acceptors (Lipinski definition) is 4. The zero-order valence-corrected chi connectivity index (χ0v) is 13.1. The third-order valence-electron chi connectivity index (χ3n) is 2.51. The van der Waals surface area contributed by atoms with Gasteiger partial charge in [-0.1, -0.05) is 59.3 Å². The summed E-state index contributed by atoms with van der Waals surface area (Å²) in [6, 6.07) is 5.50. The molecule has 3 nitrogen and oxygen atoms in total. The highest BCUT2D eigenvalue weighted by Crippen LogP contribution is 2.30. The van der Waals surface area contributed by atoms with Crippen LogP contribution in [0.3, 0.4) is 0 Å². The Labute approximate surface area is 128 Å². The molecule has 0 saturated carbocycles. The average molecular weight is 330 g/mol. The standard InChI is InChI=1S/C12H9Cl2N3S2/c1-2-18-12-16-17-6-10(15-11(17)19-12)7-3-4-8(13)9(14)5-7/h3-6H,2H2,1H3. The van der Waals surface area contributed by atoms with E-state index in [1.807, 2.05) is 18.3 Å². The van der Waals surface area contributed by atoms with E-state index >= 15 is 0 Å². The minimum absolute atomic E-state index is 0.533. The molecule has 0 unspecified atom stereocenters. The fourth-order valence-corrected chi connectivity index (χ4v) is 3.78. The Morgan fingerprint density at radius 2 is 2.16 bits per heavy atom. The fourth-order valence-electron chi connectivity index (χ4n) is 1.66. The first-order chi connectivity index (χ1) is 9.17. The van der Waals surface area contributed by atoms with E-state index in [0.29, 0.717) is 10.0 Å². The summed E-state index contributed by atoms with van der Waals surface area (Å²) in [5.41, 5.74) is 1.79. The van der Waals surface area contributed by atoms with Crippen LogP contribution in [0.15, 0.2) is 28.7 Å². The van der Waals surface area contributed by atoms with Crippen LogP contribution in [0.25, 0.3) is 16.2 Å². The molecule has 0 N–H and O–H groups in total. The molecule has 0 radical (unpaired) electrons. The lowest BCUT2D eigenvalue weighted by Gasteiger charge is -1.98. The second kappa shape index (κ2) is 5.32. The molecular weight excluding hydrogens is 321 g/mol. The molecule has 0 aliphatic heterocycles. The molecule has 0 atom stereocenters. The van der Waals surface area contributed by atoms with Crippen LogP contribution in [0.5, 0.6) is 0 Å². The van der Waals surface area contributed by atoms with Gasteiger partial charge in [-0.2, -0.15) is 0 Å². The van der Waals surface area contributed by atoms with Crippen LogP contribution in [0.1, 0.15) is 6.92 Å². The van der Waals surface area contributed by atoms with Crippen molar-refractivity contribution in [3.05, 3.63) is 34.4 Å². The molecule has 3 aromatic rings. The van der Waals surface area contributed by atoms with Crippen LogP contribution >= 0.6 is 46.3 Å². The molecule has 0 amide bonds. The van der Waals surface area contributed by atoms with E-state index in [-0.39, 0.29) is 0 Å². The number of aromatic nitrogens is 3. The van der Waals surface area contributed by atoms with Crippen LogP contribution in [0.4, 0.5) is 0 Å². The van der Waals surface area contributed by atoms with E-state index in [1.165, 1.54) is 0 Å². The smallest absolute Gasteiger partial charge is 0.213 e. The van der Waals surface area contributed by atoms with E-state index in [1.54, 1.807) is 33.7 Å². The molecule has 0 spiro atoms. The van der Waals surface area contributed by atoms with E-state index in [0.717, 1.165) is 26.3 Å². The topological polar surface area (TPSA) is 30.2 Å². The number of imidazole rings is 1. The average Bonchev–Trinajstić information content (AvgIpc) is 2.91. The summed E-state index contributed by atoms with van der Waals surface area (Å²) in [5.74, 6) is 1.01. The zero-order valence-electron chi connectivity index (χ0n) is 9.93. The molecule has 2 heterocycles. The van der Waals surface area contributed by atoms with E-state index in [2.05, 4.69) is 17.0 Å². The Morgan fingerprint density at radius 3 is 2.84 bits per heavy atom. The van der Waals surface area contributed by atoms with Crippen LogP contribution in [-0.4, -0.2) is 20.4 Å². The van der Waals surface area contributed by atoms with Crippen molar-refractivity contribution >= 4 is 51.3 Å². The second-order valence-electron chi connectivity index (χ2n) is 3.78. The summed E-state index contributed by atoms with van der Waals surface area (Å²) >= 11 is 15.2. The predicted molar refractivity (Wildman–Crippen MR) is 82.7 cm³/mol. The van der Waals surface area contributed by atoms with Crippen molar-refractivity contribution in [3.8, 4) is 11.3 Å². The summed E-state index contributed by atoms with van der Waals surface area (Å²) < 4.78 is 2.84. The normalized spacial score (nSPS) is 11.3. The molecule has 2 aromatic heterocycles. The number of rotatable bonds is 3. The maximum atomic E-state index is 6.02. The molecule has 1 aromatic carbocycles. The summed E-state index contributed by atoms with van der Waals surface area (Å²) in [7, 11) is 0. The van der Waals surface area contributed by atoms with E-state index in [9.17, 15) is 0 Å². The minimum atomic E-state index is 0.533. The maximum Gasteiger partial charge on any atom is 0.213 e. The molecular formula is C12H9Cl2N3S2. The highest BCUT2D eigenvalue weighted by atomic mass is 35.5. The lowest BCUT2D eigenvalue weighted by molar-refractivity contribution is 0.915. The highest BCUT2D eigenvalue weighted by molar-refractivity contribution is 8.01. The summed E-state index contributed by atoms with van der Waals surface area (Å²) in [6.45, 7) is 2.11.